The van der Waals surface area contributed by atoms with Gasteiger partial charge in [0, 0.05) is 18.7 Å². The SMILES string of the molecule is COc1ccc([C@@H]2[C@@H](CO)OCCN2Cc2cc3cccc(C)c3[nH]c2=O)cc1OC. The number of hydrogen-bond acceptors (Lipinski definition) is 6. The molecular weight excluding hydrogens is 396 g/mol. The van der Waals surface area contributed by atoms with Gasteiger partial charge in [-0.2, -0.15) is 0 Å². The van der Waals surface area contributed by atoms with E-state index in [4.69, 9.17) is 14.2 Å². The molecule has 2 N–H and O–H groups in total. The molecule has 0 bridgehead atoms. The number of aromatic nitrogens is 1. The Balaban J connectivity index is 1.72. The quantitative estimate of drug-likeness (QED) is 0.633. The van der Waals surface area contributed by atoms with E-state index < -0.39 is 6.10 Å². The zero-order chi connectivity index (χ0) is 22.0. The van der Waals surface area contributed by atoms with Crippen molar-refractivity contribution < 1.29 is 19.3 Å². The largest absolute Gasteiger partial charge is 0.493 e. The van der Waals surface area contributed by atoms with Crippen molar-refractivity contribution in [3.63, 3.8) is 0 Å². The first-order valence-corrected chi connectivity index (χ1v) is 10.4. The zero-order valence-corrected chi connectivity index (χ0v) is 18.1. The van der Waals surface area contributed by atoms with Crippen molar-refractivity contribution >= 4 is 10.9 Å². The molecule has 0 spiro atoms. The third-order valence-electron chi connectivity index (χ3n) is 5.92. The van der Waals surface area contributed by atoms with Gasteiger partial charge >= 0.3 is 0 Å². The zero-order valence-electron chi connectivity index (χ0n) is 18.1. The van der Waals surface area contributed by atoms with Crippen LogP contribution in [0.4, 0.5) is 0 Å². The summed E-state index contributed by atoms with van der Waals surface area (Å²) in [7, 11) is 3.19. The molecule has 3 aromatic rings. The maximum Gasteiger partial charge on any atom is 0.252 e. The normalized spacial score (nSPS) is 19.5. The van der Waals surface area contributed by atoms with Crippen LogP contribution in [0.1, 0.15) is 22.7 Å². The van der Waals surface area contributed by atoms with Gasteiger partial charge in [0.1, 0.15) is 6.10 Å². The summed E-state index contributed by atoms with van der Waals surface area (Å²) in [5.41, 5.74) is 3.42. The van der Waals surface area contributed by atoms with Crippen molar-refractivity contribution in [1.29, 1.82) is 0 Å². The molecular formula is C24H28N2O5. The van der Waals surface area contributed by atoms with Crippen LogP contribution in [0.15, 0.2) is 47.3 Å². The number of aliphatic hydroxyl groups is 1. The summed E-state index contributed by atoms with van der Waals surface area (Å²) in [4.78, 5) is 18.0. The number of ether oxygens (including phenoxy) is 3. The molecule has 1 aliphatic rings. The van der Waals surface area contributed by atoms with E-state index in [0.717, 1.165) is 22.0 Å². The Hall–Kier alpha value is -2.87. The molecule has 2 heterocycles. The van der Waals surface area contributed by atoms with E-state index in [1.807, 2.05) is 49.4 Å². The van der Waals surface area contributed by atoms with Gasteiger partial charge in [-0.3, -0.25) is 9.69 Å². The van der Waals surface area contributed by atoms with Crippen molar-refractivity contribution in [1.82, 2.24) is 9.88 Å². The van der Waals surface area contributed by atoms with Crippen molar-refractivity contribution in [2.75, 3.05) is 34.0 Å². The highest BCUT2D eigenvalue weighted by molar-refractivity contribution is 5.81. The molecule has 0 radical (unpaired) electrons. The second-order valence-electron chi connectivity index (χ2n) is 7.78. The number of methoxy groups -OCH3 is 2. The predicted molar refractivity (Wildman–Crippen MR) is 119 cm³/mol. The van der Waals surface area contributed by atoms with E-state index in [9.17, 15) is 9.90 Å². The van der Waals surface area contributed by atoms with E-state index in [2.05, 4.69) is 9.88 Å². The average Bonchev–Trinajstić information content (AvgIpc) is 2.79. The second-order valence-corrected chi connectivity index (χ2v) is 7.78. The van der Waals surface area contributed by atoms with Crippen LogP contribution in [0, 0.1) is 6.92 Å². The van der Waals surface area contributed by atoms with Crippen molar-refractivity contribution in [3.05, 3.63) is 69.5 Å². The number of rotatable bonds is 6. The lowest BCUT2D eigenvalue weighted by molar-refractivity contribution is -0.0961. The number of aryl methyl sites for hydroxylation is 1. The molecule has 164 valence electrons. The summed E-state index contributed by atoms with van der Waals surface area (Å²) in [5.74, 6) is 1.25. The number of H-pyrrole nitrogens is 1. The van der Waals surface area contributed by atoms with Gasteiger partial charge in [-0.25, -0.2) is 0 Å². The number of morpholine rings is 1. The third-order valence-corrected chi connectivity index (χ3v) is 5.92. The molecule has 0 aliphatic carbocycles. The molecule has 1 saturated heterocycles. The van der Waals surface area contributed by atoms with Gasteiger partial charge in [0.15, 0.2) is 11.5 Å². The Morgan fingerprint density at radius 2 is 1.97 bits per heavy atom. The van der Waals surface area contributed by atoms with Gasteiger partial charge in [-0.05, 0) is 41.6 Å². The van der Waals surface area contributed by atoms with Crippen LogP contribution in [0.5, 0.6) is 11.5 Å². The smallest absolute Gasteiger partial charge is 0.252 e. The Morgan fingerprint density at radius 3 is 2.71 bits per heavy atom. The lowest BCUT2D eigenvalue weighted by Crippen LogP contribution is -2.47. The highest BCUT2D eigenvalue weighted by Gasteiger charge is 2.34. The molecule has 4 rings (SSSR count). The van der Waals surface area contributed by atoms with Gasteiger partial charge in [-0.1, -0.05) is 24.3 Å². The Kier molecular flexibility index (Phi) is 6.27. The van der Waals surface area contributed by atoms with E-state index in [1.54, 1.807) is 14.2 Å². The van der Waals surface area contributed by atoms with Gasteiger partial charge in [-0.15, -0.1) is 0 Å². The summed E-state index contributed by atoms with van der Waals surface area (Å²) in [6, 6.07) is 13.4. The number of hydrogen-bond donors (Lipinski definition) is 2. The molecule has 0 unspecified atom stereocenters. The Labute approximate surface area is 181 Å². The number of nitrogens with one attached hydrogen (secondary N) is 1. The first kappa shape index (κ1) is 21.4. The number of pyridine rings is 1. The predicted octanol–water partition coefficient (Wildman–Crippen LogP) is 2.79. The van der Waals surface area contributed by atoms with Crippen LogP contribution in [-0.2, 0) is 11.3 Å². The lowest BCUT2D eigenvalue weighted by atomic mass is 9.97. The van der Waals surface area contributed by atoms with Crippen LogP contribution < -0.4 is 15.0 Å². The monoisotopic (exact) mass is 424 g/mol. The number of benzene rings is 2. The van der Waals surface area contributed by atoms with Gasteiger partial charge in [0.05, 0.1) is 39.0 Å². The van der Waals surface area contributed by atoms with Gasteiger partial charge in [0.2, 0.25) is 0 Å². The van der Waals surface area contributed by atoms with Gasteiger partial charge < -0.3 is 24.3 Å². The molecule has 1 fully saturated rings. The van der Waals surface area contributed by atoms with E-state index in [1.165, 1.54) is 0 Å². The van der Waals surface area contributed by atoms with Crippen molar-refractivity contribution in [3.8, 4) is 11.5 Å². The molecule has 2 aromatic carbocycles. The number of nitrogens with zero attached hydrogens (tertiary/aromatic N) is 1. The molecule has 0 saturated carbocycles. The molecule has 2 atom stereocenters. The van der Waals surface area contributed by atoms with Crippen LogP contribution in [-0.4, -0.2) is 55.1 Å². The maximum absolute atomic E-state index is 12.8. The van der Waals surface area contributed by atoms with Gasteiger partial charge in [0.25, 0.3) is 5.56 Å². The minimum absolute atomic E-state index is 0.0973. The number of fused-ring (bicyclic) bond motifs is 1. The summed E-state index contributed by atoms with van der Waals surface area (Å²) < 4.78 is 16.7. The van der Waals surface area contributed by atoms with E-state index in [0.29, 0.717) is 36.8 Å². The van der Waals surface area contributed by atoms with Crippen LogP contribution >= 0.6 is 0 Å². The van der Waals surface area contributed by atoms with Crippen LogP contribution in [0.3, 0.4) is 0 Å². The van der Waals surface area contributed by atoms with Crippen molar-refractivity contribution in [2.24, 2.45) is 0 Å². The third kappa shape index (κ3) is 4.17. The van der Waals surface area contributed by atoms with E-state index >= 15 is 0 Å². The molecule has 1 aromatic heterocycles. The first-order chi connectivity index (χ1) is 15.0. The molecule has 1 aliphatic heterocycles. The Bertz CT molecular complexity index is 1130. The molecule has 7 heteroatoms. The summed E-state index contributed by atoms with van der Waals surface area (Å²) >= 11 is 0. The van der Waals surface area contributed by atoms with Crippen LogP contribution in [0.2, 0.25) is 0 Å². The average molecular weight is 424 g/mol. The second kappa shape index (κ2) is 9.09. The summed E-state index contributed by atoms with van der Waals surface area (Å²) in [6.07, 6.45) is -0.409. The number of aromatic amines is 1. The number of para-hydroxylation sites is 1. The fourth-order valence-corrected chi connectivity index (χ4v) is 4.34. The molecule has 0 amide bonds. The highest BCUT2D eigenvalue weighted by Crippen LogP contribution is 2.36. The molecule has 7 nitrogen and oxygen atoms in total. The highest BCUT2D eigenvalue weighted by atomic mass is 16.5. The lowest BCUT2D eigenvalue weighted by Gasteiger charge is -2.41. The molecule has 31 heavy (non-hydrogen) atoms. The fraction of sp³-hybridized carbons (Fsp3) is 0.375. The minimum atomic E-state index is -0.409. The standard InChI is InChI=1S/C24H28N2O5/c1-15-5-4-6-16-11-18(24(28)25-22(15)16)13-26-9-10-31-21(14-27)23(26)17-7-8-19(29-2)20(12-17)30-3/h4-8,11-12,21,23,27H,9-10,13-14H2,1-3H3,(H,25,28)/t21-,23-/m1/s1. The minimum Gasteiger partial charge on any atom is -0.493 e. The summed E-state index contributed by atoms with van der Waals surface area (Å²) in [6.45, 7) is 3.43. The topological polar surface area (TPSA) is 84.0 Å². The first-order valence-electron chi connectivity index (χ1n) is 10.4. The number of aliphatic hydroxyl groups excluding tert-OH is 1. The van der Waals surface area contributed by atoms with E-state index in [-0.39, 0.29) is 18.2 Å². The van der Waals surface area contributed by atoms with Crippen molar-refractivity contribution in [2.45, 2.75) is 25.6 Å². The maximum atomic E-state index is 12.8. The van der Waals surface area contributed by atoms with Crippen LogP contribution in [0.25, 0.3) is 10.9 Å². The Morgan fingerprint density at radius 1 is 1.16 bits per heavy atom. The fourth-order valence-electron chi connectivity index (χ4n) is 4.34. The summed E-state index contributed by atoms with van der Waals surface area (Å²) in [5, 5.41) is 11.0.